The van der Waals surface area contributed by atoms with Crippen molar-refractivity contribution < 1.29 is 14.3 Å². The van der Waals surface area contributed by atoms with Crippen molar-refractivity contribution in [1.29, 1.82) is 0 Å². The summed E-state index contributed by atoms with van der Waals surface area (Å²) in [6.07, 6.45) is 0. The first-order chi connectivity index (χ1) is 15.8. The highest BCUT2D eigenvalue weighted by Crippen LogP contribution is 2.15. The number of methoxy groups -OCH3 is 1. The standard InChI is InChI=1S/C25H29N5O3/c1-6-30-18(4)22(17(3)29-30)15-26-25(28-23(31)19-10-7-9-16(2)13-19)27-21-12-8-11-20(14-21)24(32)33-5/h7-14H,6,15H2,1-5H3,(H2,26,27,28,31). The van der Waals surface area contributed by atoms with Crippen LogP contribution in [0.3, 0.4) is 0 Å². The predicted molar refractivity (Wildman–Crippen MR) is 129 cm³/mol. The van der Waals surface area contributed by atoms with Crippen LogP contribution in [-0.2, 0) is 17.8 Å². The largest absolute Gasteiger partial charge is 0.465 e. The molecule has 0 aliphatic heterocycles. The third-order valence-electron chi connectivity index (χ3n) is 5.28. The summed E-state index contributed by atoms with van der Waals surface area (Å²) in [6.45, 7) is 9.03. The summed E-state index contributed by atoms with van der Waals surface area (Å²) < 4.78 is 6.73. The molecule has 2 aromatic carbocycles. The number of benzene rings is 2. The third kappa shape index (κ3) is 5.85. The van der Waals surface area contributed by atoms with E-state index in [0.29, 0.717) is 23.4 Å². The second-order valence-electron chi connectivity index (χ2n) is 7.65. The van der Waals surface area contributed by atoms with Crippen molar-refractivity contribution in [1.82, 2.24) is 15.1 Å². The molecule has 0 saturated heterocycles. The number of esters is 1. The lowest BCUT2D eigenvalue weighted by Gasteiger charge is -2.13. The fourth-order valence-electron chi connectivity index (χ4n) is 3.48. The Bertz CT molecular complexity index is 1200. The van der Waals surface area contributed by atoms with Crippen LogP contribution in [0, 0.1) is 20.8 Å². The Morgan fingerprint density at radius 1 is 1.06 bits per heavy atom. The predicted octanol–water partition coefficient (Wildman–Crippen LogP) is 4.01. The van der Waals surface area contributed by atoms with E-state index in [4.69, 9.17) is 4.74 Å². The zero-order valence-corrected chi connectivity index (χ0v) is 19.6. The Labute approximate surface area is 193 Å². The summed E-state index contributed by atoms with van der Waals surface area (Å²) in [7, 11) is 1.33. The van der Waals surface area contributed by atoms with Crippen molar-refractivity contribution in [2.75, 3.05) is 12.4 Å². The van der Waals surface area contributed by atoms with Crippen molar-refractivity contribution >= 4 is 23.5 Å². The van der Waals surface area contributed by atoms with E-state index in [0.717, 1.165) is 29.1 Å². The second-order valence-corrected chi connectivity index (χ2v) is 7.65. The molecule has 8 nitrogen and oxygen atoms in total. The van der Waals surface area contributed by atoms with E-state index in [1.54, 1.807) is 30.3 Å². The molecule has 0 atom stereocenters. The van der Waals surface area contributed by atoms with E-state index in [-0.39, 0.29) is 11.9 Å². The number of ether oxygens (including phenoxy) is 1. The molecule has 0 aliphatic carbocycles. The van der Waals surface area contributed by atoms with E-state index in [9.17, 15) is 9.59 Å². The van der Waals surface area contributed by atoms with Gasteiger partial charge >= 0.3 is 5.97 Å². The molecular weight excluding hydrogens is 418 g/mol. The number of carbonyl (C=O) groups excluding carboxylic acids is 2. The van der Waals surface area contributed by atoms with Gasteiger partial charge in [0, 0.05) is 29.1 Å². The minimum absolute atomic E-state index is 0.270. The summed E-state index contributed by atoms with van der Waals surface area (Å²) in [5.74, 6) is -0.461. The number of carbonyl (C=O) groups is 2. The molecule has 0 aliphatic rings. The molecule has 0 radical (unpaired) electrons. The molecule has 2 N–H and O–H groups in total. The van der Waals surface area contributed by atoms with Crippen LogP contribution in [0.4, 0.5) is 5.69 Å². The van der Waals surface area contributed by atoms with E-state index in [2.05, 4.69) is 20.7 Å². The molecule has 1 aromatic heterocycles. The van der Waals surface area contributed by atoms with Crippen LogP contribution in [0.5, 0.6) is 0 Å². The minimum atomic E-state index is -0.445. The van der Waals surface area contributed by atoms with Crippen LogP contribution in [0.15, 0.2) is 53.5 Å². The van der Waals surface area contributed by atoms with Gasteiger partial charge in [-0.2, -0.15) is 5.10 Å². The Hall–Kier alpha value is -3.94. The van der Waals surface area contributed by atoms with Gasteiger partial charge in [0.2, 0.25) is 5.96 Å². The van der Waals surface area contributed by atoms with Crippen LogP contribution in [0.25, 0.3) is 0 Å². The molecule has 0 bridgehead atoms. The van der Waals surface area contributed by atoms with Gasteiger partial charge < -0.3 is 10.1 Å². The first-order valence-electron chi connectivity index (χ1n) is 10.7. The van der Waals surface area contributed by atoms with Gasteiger partial charge in [0.05, 0.1) is 24.9 Å². The average Bonchev–Trinajstić information content (AvgIpc) is 3.09. The van der Waals surface area contributed by atoms with E-state index in [1.807, 2.05) is 50.6 Å². The zero-order chi connectivity index (χ0) is 24.0. The van der Waals surface area contributed by atoms with E-state index >= 15 is 0 Å². The van der Waals surface area contributed by atoms with Gasteiger partial charge in [-0.1, -0.05) is 23.8 Å². The first kappa shape index (κ1) is 23.7. The smallest absolute Gasteiger partial charge is 0.337 e. The van der Waals surface area contributed by atoms with Crippen molar-refractivity contribution in [3.63, 3.8) is 0 Å². The molecule has 0 unspecified atom stereocenters. The monoisotopic (exact) mass is 447 g/mol. The van der Waals surface area contributed by atoms with Crippen molar-refractivity contribution in [2.45, 2.75) is 40.8 Å². The Balaban J connectivity index is 1.90. The van der Waals surface area contributed by atoms with Gasteiger partial charge in [-0.15, -0.1) is 0 Å². The number of aromatic nitrogens is 2. The van der Waals surface area contributed by atoms with Crippen LogP contribution >= 0.6 is 0 Å². The maximum absolute atomic E-state index is 12.9. The normalized spacial score (nSPS) is 11.2. The van der Waals surface area contributed by atoms with Crippen molar-refractivity contribution in [3.05, 3.63) is 82.2 Å². The number of rotatable bonds is 6. The van der Waals surface area contributed by atoms with Crippen molar-refractivity contribution in [2.24, 2.45) is 4.99 Å². The van der Waals surface area contributed by atoms with Gasteiger partial charge in [0.25, 0.3) is 5.91 Å². The fourth-order valence-corrected chi connectivity index (χ4v) is 3.48. The summed E-state index contributed by atoms with van der Waals surface area (Å²) >= 11 is 0. The Kier molecular flexibility index (Phi) is 7.61. The molecule has 172 valence electrons. The molecule has 1 amide bonds. The first-order valence-corrected chi connectivity index (χ1v) is 10.7. The molecular formula is C25H29N5O3. The number of guanidine groups is 1. The molecule has 3 aromatic rings. The number of aliphatic imine (C=N–C) groups is 1. The lowest BCUT2D eigenvalue weighted by molar-refractivity contribution is 0.0600. The molecule has 0 fully saturated rings. The minimum Gasteiger partial charge on any atom is -0.465 e. The third-order valence-corrected chi connectivity index (χ3v) is 5.28. The number of hydrogen-bond donors (Lipinski definition) is 2. The Morgan fingerprint density at radius 3 is 2.45 bits per heavy atom. The van der Waals surface area contributed by atoms with Crippen LogP contribution in [0.2, 0.25) is 0 Å². The highest BCUT2D eigenvalue weighted by atomic mass is 16.5. The number of hydrogen-bond acceptors (Lipinski definition) is 5. The molecule has 1 heterocycles. The van der Waals surface area contributed by atoms with Gasteiger partial charge in [-0.05, 0) is 58.0 Å². The second kappa shape index (κ2) is 10.6. The Morgan fingerprint density at radius 2 is 1.79 bits per heavy atom. The maximum Gasteiger partial charge on any atom is 0.337 e. The fraction of sp³-hybridized carbons (Fsp3) is 0.280. The van der Waals surface area contributed by atoms with Crippen LogP contribution in [0.1, 0.15) is 50.2 Å². The van der Waals surface area contributed by atoms with E-state index < -0.39 is 5.97 Å². The maximum atomic E-state index is 12.9. The lowest BCUT2D eigenvalue weighted by Crippen LogP contribution is -2.36. The summed E-state index contributed by atoms with van der Waals surface area (Å²) in [4.78, 5) is 29.4. The summed E-state index contributed by atoms with van der Waals surface area (Å²) in [5, 5.41) is 10.5. The average molecular weight is 448 g/mol. The molecule has 3 rings (SSSR count). The van der Waals surface area contributed by atoms with Crippen molar-refractivity contribution in [3.8, 4) is 0 Å². The molecule has 0 saturated carbocycles. The number of nitrogens with one attached hydrogen (secondary N) is 2. The van der Waals surface area contributed by atoms with Gasteiger partial charge in [-0.25, -0.2) is 9.79 Å². The number of amides is 1. The van der Waals surface area contributed by atoms with Gasteiger partial charge in [0.15, 0.2) is 0 Å². The highest BCUT2D eigenvalue weighted by molar-refractivity contribution is 6.10. The summed E-state index contributed by atoms with van der Waals surface area (Å²) in [6, 6.07) is 14.1. The van der Waals surface area contributed by atoms with Gasteiger partial charge in [0.1, 0.15) is 0 Å². The number of anilines is 1. The lowest BCUT2D eigenvalue weighted by atomic mass is 10.1. The van der Waals surface area contributed by atoms with Gasteiger partial charge in [-0.3, -0.25) is 14.8 Å². The molecule has 0 spiro atoms. The summed E-state index contributed by atoms with van der Waals surface area (Å²) in [5.41, 5.74) is 5.44. The van der Waals surface area contributed by atoms with Crippen LogP contribution < -0.4 is 10.6 Å². The topological polar surface area (TPSA) is 97.6 Å². The molecule has 33 heavy (non-hydrogen) atoms. The quantitative estimate of drug-likeness (QED) is 0.338. The highest BCUT2D eigenvalue weighted by Gasteiger charge is 2.14. The SMILES string of the molecule is CCn1nc(C)c(CN=C(NC(=O)c2cccc(C)c2)Nc2cccc(C(=O)OC)c2)c1C. The van der Waals surface area contributed by atoms with Crippen LogP contribution in [-0.4, -0.2) is 34.7 Å². The number of nitrogens with zero attached hydrogens (tertiary/aromatic N) is 3. The zero-order valence-electron chi connectivity index (χ0n) is 19.6. The molecule has 8 heteroatoms. The number of aryl methyl sites for hydroxylation is 3. The van der Waals surface area contributed by atoms with E-state index in [1.165, 1.54) is 7.11 Å².